The number of rotatable bonds is 17. The van der Waals surface area contributed by atoms with Crippen LogP contribution in [0.5, 0.6) is 0 Å². The van der Waals surface area contributed by atoms with Gasteiger partial charge in [-0.15, -0.1) is 0 Å². The number of hydrogen-bond acceptors (Lipinski definition) is 11. The lowest BCUT2D eigenvalue weighted by Crippen LogP contribution is -2.54. The largest absolute Gasteiger partial charge is 0.465 e. The molecule has 5 atom stereocenters. The van der Waals surface area contributed by atoms with Gasteiger partial charge in [-0.2, -0.15) is 0 Å². The quantitative estimate of drug-likeness (QED) is 0.112. The zero-order valence-electron chi connectivity index (χ0n) is 22.0. The summed E-state index contributed by atoms with van der Waals surface area (Å²) >= 11 is 0. The molecule has 0 aromatic rings. The highest BCUT2D eigenvalue weighted by Gasteiger charge is 2.39. The highest BCUT2D eigenvalue weighted by atomic mass is 31.2. The van der Waals surface area contributed by atoms with Crippen LogP contribution in [0, 0.1) is 0 Å². The fraction of sp³-hybridized carbons (Fsp3) is 0.773. The molecule has 15 heteroatoms. The molecule has 5 N–H and O–H groups in total. The number of carbonyl (C=O) groups is 3. The van der Waals surface area contributed by atoms with Gasteiger partial charge in [0.25, 0.3) is 5.91 Å². The molecule has 0 fully saturated rings. The zero-order valence-corrected chi connectivity index (χ0v) is 22.9. The van der Waals surface area contributed by atoms with E-state index in [9.17, 15) is 18.9 Å². The molecule has 2 heterocycles. The number of nitrogens with zero attached hydrogens (tertiary/aromatic N) is 3. The average molecular weight is 546 g/mol. The lowest BCUT2D eigenvalue weighted by Gasteiger charge is -2.28. The van der Waals surface area contributed by atoms with Gasteiger partial charge in [0.1, 0.15) is 18.4 Å². The minimum absolute atomic E-state index is 0.0141. The number of amides is 1. The summed E-state index contributed by atoms with van der Waals surface area (Å²) in [6, 6.07) is -2.51. The Bertz CT molecular complexity index is 867. The molecule has 0 saturated carbocycles. The number of hydrogen-bond donors (Lipinski definition) is 4. The van der Waals surface area contributed by atoms with E-state index >= 15 is 0 Å². The number of carbonyl (C=O) groups excluding carboxylic acids is 3. The van der Waals surface area contributed by atoms with E-state index in [1.165, 1.54) is 20.2 Å². The normalized spacial score (nSPS) is 21.9. The summed E-state index contributed by atoms with van der Waals surface area (Å²) in [6.07, 6.45) is 3.78. The molecule has 0 saturated heterocycles. The molecule has 2 aliphatic rings. The van der Waals surface area contributed by atoms with E-state index in [4.69, 9.17) is 19.9 Å². The van der Waals surface area contributed by atoms with E-state index < -0.39 is 43.7 Å². The second kappa shape index (κ2) is 15.0. The van der Waals surface area contributed by atoms with Gasteiger partial charge in [-0.05, 0) is 26.7 Å². The Morgan fingerprint density at radius 2 is 1.68 bits per heavy atom. The maximum absolute atomic E-state index is 13.7. The number of aliphatic imine (C=N–C) groups is 2. The third-order valence-electron chi connectivity index (χ3n) is 5.55. The Labute approximate surface area is 217 Å². The molecule has 0 radical (unpaired) electrons. The third kappa shape index (κ3) is 9.69. The van der Waals surface area contributed by atoms with Crippen molar-refractivity contribution in [2.45, 2.75) is 77.7 Å². The first-order chi connectivity index (χ1) is 17.6. The van der Waals surface area contributed by atoms with Crippen LogP contribution in [0.2, 0.25) is 0 Å². The predicted octanol–water partition coefficient (Wildman–Crippen LogP) is 0.280. The van der Waals surface area contributed by atoms with E-state index in [1.54, 1.807) is 4.90 Å². The van der Waals surface area contributed by atoms with Crippen LogP contribution in [-0.2, 0) is 33.2 Å². The van der Waals surface area contributed by atoms with Crippen molar-refractivity contribution in [3.8, 4) is 0 Å². The number of nitrogens with two attached hydrogens (primary N) is 1. The van der Waals surface area contributed by atoms with Gasteiger partial charge < -0.3 is 24.8 Å². The van der Waals surface area contributed by atoms with E-state index in [0.29, 0.717) is 0 Å². The molecule has 0 aromatic carbocycles. The first kappa shape index (κ1) is 30.7. The van der Waals surface area contributed by atoms with Crippen molar-refractivity contribution < 1.29 is 33.2 Å². The number of esters is 2. The van der Waals surface area contributed by atoms with Crippen LogP contribution < -0.4 is 21.2 Å². The van der Waals surface area contributed by atoms with Gasteiger partial charge in [-0.3, -0.25) is 29.3 Å². The predicted molar refractivity (Wildman–Crippen MR) is 138 cm³/mol. The van der Waals surface area contributed by atoms with Crippen molar-refractivity contribution in [3.63, 3.8) is 0 Å². The summed E-state index contributed by atoms with van der Waals surface area (Å²) < 4.78 is 29.8. The second-order valence-electron chi connectivity index (χ2n) is 8.89. The molecule has 2 aliphatic heterocycles. The van der Waals surface area contributed by atoms with Gasteiger partial charge in [0.15, 0.2) is 18.2 Å². The maximum Gasteiger partial charge on any atom is 0.323 e. The van der Waals surface area contributed by atoms with Crippen molar-refractivity contribution in [2.24, 2.45) is 15.7 Å². The molecule has 14 nitrogen and oxygen atoms in total. The van der Waals surface area contributed by atoms with Crippen LogP contribution >= 0.6 is 7.44 Å². The summed E-state index contributed by atoms with van der Waals surface area (Å²) in [6.45, 7) is 7.94. The Hall–Kier alpha value is -2.54. The van der Waals surface area contributed by atoms with Gasteiger partial charge >= 0.3 is 11.9 Å². The van der Waals surface area contributed by atoms with Crippen LogP contribution in [0.1, 0.15) is 53.4 Å². The van der Waals surface area contributed by atoms with Gasteiger partial charge in [-0.25, -0.2) is 15.2 Å². The summed E-state index contributed by atoms with van der Waals surface area (Å²) in [5.41, 5.74) is 5.65. The molecular formula is C22H40N7O7P. The summed E-state index contributed by atoms with van der Waals surface area (Å²) in [5.74, 6) is -1.44. The first-order valence-electron chi connectivity index (χ1n) is 12.6. The number of nitrogens with one attached hydrogen (secondary N) is 3. The summed E-state index contributed by atoms with van der Waals surface area (Å²) in [4.78, 5) is 46.7. The zero-order chi connectivity index (χ0) is 27.4. The minimum Gasteiger partial charge on any atom is -0.465 e. The third-order valence-corrected chi connectivity index (χ3v) is 7.71. The average Bonchev–Trinajstić information content (AvgIpc) is 3.24. The molecule has 0 aromatic heterocycles. The summed E-state index contributed by atoms with van der Waals surface area (Å²) in [7, 11) is -3.62. The number of guanidine groups is 1. The van der Waals surface area contributed by atoms with Crippen molar-refractivity contribution in [1.29, 1.82) is 0 Å². The van der Waals surface area contributed by atoms with Crippen LogP contribution in [0.4, 0.5) is 0 Å². The monoisotopic (exact) mass is 545 g/mol. The minimum atomic E-state index is -3.62. The highest BCUT2D eigenvalue weighted by Crippen LogP contribution is 2.37. The van der Waals surface area contributed by atoms with Crippen LogP contribution in [0.25, 0.3) is 0 Å². The van der Waals surface area contributed by atoms with Crippen LogP contribution in [0.3, 0.4) is 0 Å². The standard InChI is InChI=1S/C22H40N7O7P/c1-5-7-10-35-20(31)15(3)27-37(33,28-16(4)21(32)36-11-8-6-2)14-34-12-9-29-13-24-17-18(29)25-22(23)26-19(17)30/h13,15-18H,5-12,14H2,1-4H3,(H2,27,28,33)(H3,23,25,26,30)/t15-,16?,17?,18?,37?/m0/s1. The molecule has 0 bridgehead atoms. The lowest BCUT2D eigenvalue weighted by atomic mass is 10.2. The molecular weight excluding hydrogens is 505 g/mol. The van der Waals surface area contributed by atoms with Crippen molar-refractivity contribution >= 4 is 37.6 Å². The number of ether oxygens (including phenoxy) is 3. The fourth-order valence-corrected chi connectivity index (χ4v) is 5.56. The van der Waals surface area contributed by atoms with Crippen LogP contribution in [-0.4, -0.2) is 92.0 Å². The number of fused-ring (bicyclic) bond motifs is 1. The van der Waals surface area contributed by atoms with Gasteiger partial charge in [-0.1, -0.05) is 26.7 Å². The van der Waals surface area contributed by atoms with Crippen molar-refractivity contribution in [3.05, 3.63) is 0 Å². The Morgan fingerprint density at radius 1 is 1.11 bits per heavy atom. The SMILES string of the molecule is CCCCOC(=O)C(C)NP(=O)(COCCN1C=NC2C(=O)NC(N)=NC21)N[C@@H](C)C(=O)OCCCC. The lowest BCUT2D eigenvalue weighted by molar-refractivity contribution is -0.145. The first-order valence-corrected chi connectivity index (χ1v) is 14.5. The topological polar surface area (TPSA) is 186 Å². The van der Waals surface area contributed by atoms with Gasteiger partial charge in [0.2, 0.25) is 7.44 Å². The molecule has 4 unspecified atom stereocenters. The summed E-state index contributed by atoms with van der Waals surface area (Å²) in [5, 5.41) is 7.96. The molecule has 0 spiro atoms. The Morgan fingerprint density at radius 3 is 2.22 bits per heavy atom. The smallest absolute Gasteiger partial charge is 0.323 e. The molecule has 210 valence electrons. The second-order valence-corrected chi connectivity index (χ2v) is 11.1. The Balaban J connectivity index is 1.96. The van der Waals surface area contributed by atoms with Gasteiger partial charge in [0, 0.05) is 6.54 Å². The van der Waals surface area contributed by atoms with E-state index in [1.807, 2.05) is 13.8 Å². The molecule has 2 rings (SSSR count). The fourth-order valence-electron chi connectivity index (χ4n) is 3.49. The van der Waals surface area contributed by atoms with E-state index in [0.717, 1.165) is 25.7 Å². The Kier molecular flexibility index (Phi) is 12.4. The van der Waals surface area contributed by atoms with Crippen molar-refractivity contribution in [2.75, 3.05) is 32.7 Å². The van der Waals surface area contributed by atoms with E-state index in [2.05, 4.69) is 25.5 Å². The molecule has 37 heavy (non-hydrogen) atoms. The van der Waals surface area contributed by atoms with Crippen molar-refractivity contribution in [1.82, 2.24) is 20.4 Å². The number of unbranched alkanes of at least 4 members (excludes halogenated alkanes) is 2. The highest BCUT2D eigenvalue weighted by molar-refractivity contribution is 7.59. The maximum atomic E-state index is 13.7. The van der Waals surface area contributed by atoms with Crippen LogP contribution in [0.15, 0.2) is 9.98 Å². The molecule has 1 amide bonds. The van der Waals surface area contributed by atoms with E-state index in [-0.39, 0.29) is 44.6 Å². The van der Waals surface area contributed by atoms with Gasteiger partial charge in [0.05, 0.1) is 26.2 Å². The molecule has 0 aliphatic carbocycles.